The van der Waals surface area contributed by atoms with Crippen LogP contribution in [0.5, 0.6) is 11.5 Å². The van der Waals surface area contributed by atoms with E-state index in [4.69, 9.17) is 27.9 Å². The number of rotatable bonds is 8. The number of nitrogens with one attached hydrogen (secondary N) is 1. The second-order valence-corrected chi connectivity index (χ2v) is 10.5. The summed E-state index contributed by atoms with van der Waals surface area (Å²) < 4.78 is 39.1. The number of hydrogen-bond donors (Lipinski definition) is 2. The molecule has 0 aliphatic carbocycles. The fourth-order valence-corrected chi connectivity index (χ4v) is 5.17. The Kier molecular flexibility index (Phi) is 10.6. The molecule has 40 heavy (non-hydrogen) atoms. The molecule has 13 heteroatoms. The monoisotopic (exact) mass is 609 g/mol. The summed E-state index contributed by atoms with van der Waals surface area (Å²) >= 11 is 12.5. The van der Waals surface area contributed by atoms with Gasteiger partial charge in [0, 0.05) is 27.7 Å². The number of aryl methyl sites for hydroxylation is 1. The van der Waals surface area contributed by atoms with Crippen LogP contribution >= 0.6 is 23.2 Å². The first kappa shape index (κ1) is 31.8. The molecule has 0 saturated heterocycles. The van der Waals surface area contributed by atoms with Crippen molar-refractivity contribution in [1.82, 2.24) is 0 Å². The summed E-state index contributed by atoms with van der Waals surface area (Å²) in [4.78, 5) is 12.6. The van der Waals surface area contributed by atoms with Crippen molar-refractivity contribution in [3.8, 4) is 11.5 Å². The van der Waals surface area contributed by atoms with E-state index in [1.54, 1.807) is 50.2 Å². The number of amides is 1. The van der Waals surface area contributed by atoms with Gasteiger partial charge < -0.3 is 15.2 Å². The standard InChI is InChI=1S/C27H23Cl2N3O6S.Na/c1-3-15-9-10-22(39(35,36)37)25(23(15)29)32-31-24-20-8-6-5-7-16(20)11-21(26(24)33)27(34)30-18-12-17(28)13-19(14-18)38-4-2;/h5-14,33H,3-4H2,1-2H3,(H,30,34)(H,35,36,37);/q;+1/p-1. The number of nitrogens with zero attached hydrogens (tertiary/aromatic N) is 2. The van der Waals surface area contributed by atoms with Crippen molar-refractivity contribution >= 4 is 67.1 Å². The molecule has 2 N–H and O–H groups in total. The molecule has 9 nitrogen and oxygen atoms in total. The first-order valence-electron chi connectivity index (χ1n) is 11.7. The first-order valence-corrected chi connectivity index (χ1v) is 13.9. The number of halogens is 2. The maximum Gasteiger partial charge on any atom is 1.00 e. The van der Waals surface area contributed by atoms with Crippen molar-refractivity contribution in [2.75, 3.05) is 11.9 Å². The number of anilines is 1. The molecule has 0 aliphatic rings. The zero-order valence-corrected chi connectivity index (χ0v) is 26.1. The largest absolute Gasteiger partial charge is 1.00 e. The number of carbonyl (C=O) groups is 1. The second kappa shape index (κ2) is 13.3. The van der Waals surface area contributed by atoms with E-state index in [-0.39, 0.29) is 51.5 Å². The zero-order valence-electron chi connectivity index (χ0n) is 21.7. The average molecular weight is 610 g/mol. The number of fused-ring (bicyclic) bond motifs is 1. The summed E-state index contributed by atoms with van der Waals surface area (Å²) in [6.07, 6.45) is 0.451. The van der Waals surface area contributed by atoms with E-state index < -0.39 is 26.7 Å². The van der Waals surface area contributed by atoms with E-state index in [1.165, 1.54) is 18.2 Å². The minimum atomic E-state index is -4.71. The van der Waals surface area contributed by atoms with E-state index in [0.717, 1.165) is 6.07 Å². The van der Waals surface area contributed by atoms with Crippen LogP contribution in [0, 0.1) is 0 Å². The molecule has 0 radical (unpaired) electrons. The molecule has 4 aromatic rings. The SMILES string of the molecule is CCOc1cc(Cl)cc(NC(=O)c2cc3ccccc3c(N=Nc3c(S(=O)(=O)O)ccc(CC)c3Cl)c2[O-])c1.[Na+]. The van der Waals surface area contributed by atoms with Crippen LogP contribution in [0.4, 0.5) is 17.1 Å². The Labute approximate surface area is 263 Å². The van der Waals surface area contributed by atoms with E-state index in [1.807, 2.05) is 0 Å². The van der Waals surface area contributed by atoms with Crippen LogP contribution in [0.3, 0.4) is 0 Å². The molecule has 202 valence electrons. The van der Waals surface area contributed by atoms with Crippen LogP contribution < -0.4 is 44.7 Å². The van der Waals surface area contributed by atoms with E-state index in [9.17, 15) is 22.9 Å². The number of ether oxygens (including phenoxy) is 1. The van der Waals surface area contributed by atoms with Crippen molar-refractivity contribution in [2.24, 2.45) is 10.2 Å². The zero-order chi connectivity index (χ0) is 28.3. The van der Waals surface area contributed by atoms with Gasteiger partial charge in [-0.1, -0.05) is 66.2 Å². The van der Waals surface area contributed by atoms with Crippen molar-refractivity contribution in [2.45, 2.75) is 25.2 Å². The molecule has 0 spiro atoms. The van der Waals surface area contributed by atoms with Crippen LogP contribution in [-0.2, 0) is 16.5 Å². The molecule has 0 aromatic heterocycles. The molecule has 1 amide bonds. The summed E-state index contributed by atoms with van der Waals surface area (Å²) in [6, 6.07) is 15.4. The van der Waals surface area contributed by atoms with Crippen molar-refractivity contribution < 1.29 is 57.2 Å². The Balaban J connectivity index is 0.00000441. The molecule has 0 aliphatic heterocycles. The Morgan fingerprint density at radius 1 is 1.02 bits per heavy atom. The van der Waals surface area contributed by atoms with Gasteiger partial charge in [-0.25, -0.2) is 0 Å². The molecule has 4 rings (SSSR count). The smallest absolute Gasteiger partial charge is 0.870 e. The minimum absolute atomic E-state index is 0. The quantitative estimate of drug-likeness (QED) is 0.175. The fraction of sp³-hybridized carbons (Fsp3) is 0.148. The van der Waals surface area contributed by atoms with E-state index >= 15 is 0 Å². The van der Waals surface area contributed by atoms with Crippen molar-refractivity contribution in [3.05, 3.63) is 81.8 Å². The molecular weight excluding hydrogens is 588 g/mol. The Morgan fingerprint density at radius 3 is 2.40 bits per heavy atom. The van der Waals surface area contributed by atoms with Crippen LogP contribution in [0.2, 0.25) is 10.0 Å². The van der Waals surface area contributed by atoms with Crippen LogP contribution in [0.15, 0.2) is 75.8 Å². The molecule has 4 aromatic carbocycles. The molecule has 0 atom stereocenters. The third kappa shape index (κ3) is 6.95. The van der Waals surface area contributed by atoms with Gasteiger partial charge in [0.1, 0.15) is 16.3 Å². The summed E-state index contributed by atoms with van der Waals surface area (Å²) in [5, 5.41) is 25.4. The molecular formula is C27H22Cl2N3NaO6S. The van der Waals surface area contributed by atoms with Crippen molar-refractivity contribution in [3.63, 3.8) is 0 Å². The second-order valence-electron chi connectivity index (χ2n) is 8.30. The minimum Gasteiger partial charge on any atom is -0.870 e. The molecule has 0 heterocycles. The number of azo groups is 1. The van der Waals surface area contributed by atoms with Crippen LogP contribution in [0.25, 0.3) is 10.8 Å². The van der Waals surface area contributed by atoms with Gasteiger partial charge in [0.15, 0.2) is 0 Å². The maximum atomic E-state index is 13.5. The predicted molar refractivity (Wildman–Crippen MR) is 149 cm³/mol. The van der Waals surface area contributed by atoms with Gasteiger partial charge in [-0.15, -0.1) is 5.11 Å². The number of carbonyl (C=O) groups excluding carboxylic acids is 1. The molecule has 0 unspecified atom stereocenters. The summed E-state index contributed by atoms with van der Waals surface area (Å²) in [5.41, 5.74) is 0.112. The van der Waals surface area contributed by atoms with Crippen LogP contribution in [0.1, 0.15) is 29.8 Å². The molecule has 0 bridgehead atoms. The predicted octanol–water partition coefficient (Wildman–Crippen LogP) is 4.10. The van der Waals surface area contributed by atoms with Gasteiger partial charge in [-0.3, -0.25) is 9.35 Å². The molecule has 0 saturated carbocycles. The third-order valence-electron chi connectivity index (χ3n) is 5.73. The van der Waals surface area contributed by atoms with Gasteiger partial charge in [0.05, 0.1) is 17.3 Å². The van der Waals surface area contributed by atoms with Gasteiger partial charge in [-0.2, -0.15) is 13.5 Å². The fourth-order valence-electron chi connectivity index (χ4n) is 3.92. The molecule has 0 fully saturated rings. The number of hydrogen-bond acceptors (Lipinski definition) is 7. The average Bonchev–Trinajstić information content (AvgIpc) is 2.87. The summed E-state index contributed by atoms with van der Waals surface area (Å²) in [6.45, 7) is 4.00. The van der Waals surface area contributed by atoms with Gasteiger partial charge in [0.25, 0.3) is 16.0 Å². The van der Waals surface area contributed by atoms with E-state index in [2.05, 4.69) is 15.5 Å². The van der Waals surface area contributed by atoms with Crippen LogP contribution in [-0.4, -0.2) is 25.5 Å². The van der Waals surface area contributed by atoms with Gasteiger partial charge >= 0.3 is 29.6 Å². The van der Waals surface area contributed by atoms with Gasteiger partial charge in [-0.05, 0) is 48.6 Å². The topological polar surface area (TPSA) is 140 Å². The Hall–Kier alpha value is -2.70. The summed E-state index contributed by atoms with van der Waals surface area (Å²) in [5.74, 6) is -1.04. The van der Waals surface area contributed by atoms with E-state index in [0.29, 0.717) is 45.8 Å². The third-order valence-corrected chi connectivity index (χ3v) is 7.25. The van der Waals surface area contributed by atoms with Crippen molar-refractivity contribution in [1.29, 1.82) is 0 Å². The summed E-state index contributed by atoms with van der Waals surface area (Å²) in [7, 11) is -4.71. The number of benzene rings is 4. The van der Waals surface area contributed by atoms with Gasteiger partial charge in [0.2, 0.25) is 0 Å². The normalized spacial score (nSPS) is 11.4. The first-order chi connectivity index (χ1) is 18.5. The maximum absolute atomic E-state index is 13.5. The Morgan fingerprint density at radius 2 is 1.73 bits per heavy atom. The Bertz CT molecular complexity index is 1730.